The standard InChI is InChI=1S/C10H9BrOS2/c11-4-8-1-6-2-9(13)7(5-12)3-10(6)14-8/h1-3,12-13H,4-5H2. The topological polar surface area (TPSA) is 20.2 Å². The molecule has 4 heteroatoms. The average Bonchev–Trinajstić information content (AvgIpc) is 2.58. The van der Waals surface area contributed by atoms with Crippen LogP contribution in [0.5, 0.6) is 0 Å². The molecule has 0 aliphatic carbocycles. The number of halogens is 1. The van der Waals surface area contributed by atoms with Gasteiger partial charge in [0.2, 0.25) is 0 Å². The molecular weight excluding hydrogens is 280 g/mol. The van der Waals surface area contributed by atoms with E-state index in [2.05, 4.69) is 34.6 Å². The van der Waals surface area contributed by atoms with E-state index in [4.69, 9.17) is 5.11 Å². The molecule has 1 aromatic heterocycles. The molecule has 2 rings (SSSR count). The van der Waals surface area contributed by atoms with Crippen molar-refractivity contribution in [1.82, 2.24) is 0 Å². The molecule has 1 aromatic carbocycles. The van der Waals surface area contributed by atoms with Crippen LogP contribution in [0.25, 0.3) is 10.1 Å². The lowest BCUT2D eigenvalue weighted by Crippen LogP contribution is -1.83. The molecule has 0 saturated carbocycles. The van der Waals surface area contributed by atoms with E-state index in [0.717, 1.165) is 15.8 Å². The van der Waals surface area contributed by atoms with Gasteiger partial charge in [0.05, 0.1) is 6.61 Å². The van der Waals surface area contributed by atoms with Gasteiger partial charge in [-0.3, -0.25) is 0 Å². The molecule has 0 unspecified atom stereocenters. The van der Waals surface area contributed by atoms with Crippen molar-refractivity contribution in [3.63, 3.8) is 0 Å². The maximum atomic E-state index is 9.09. The number of benzene rings is 1. The summed E-state index contributed by atoms with van der Waals surface area (Å²) < 4.78 is 1.21. The molecule has 2 aromatic rings. The summed E-state index contributed by atoms with van der Waals surface area (Å²) in [5.41, 5.74) is 0.892. The zero-order chi connectivity index (χ0) is 10.1. The smallest absolute Gasteiger partial charge is 0.0693 e. The Balaban J connectivity index is 2.64. The van der Waals surface area contributed by atoms with Crippen LogP contribution in [0.1, 0.15) is 10.4 Å². The zero-order valence-corrected chi connectivity index (χ0v) is 10.6. The number of thiol groups is 1. The molecule has 0 radical (unpaired) electrons. The van der Waals surface area contributed by atoms with Gasteiger partial charge in [-0.05, 0) is 29.1 Å². The van der Waals surface area contributed by atoms with Crippen LogP contribution in [-0.2, 0) is 11.9 Å². The first kappa shape index (κ1) is 10.5. The molecule has 1 N–H and O–H groups in total. The number of thiophene rings is 1. The molecule has 74 valence electrons. The summed E-state index contributed by atoms with van der Waals surface area (Å²) in [7, 11) is 0. The first-order chi connectivity index (χ1) is 6.74. The Morgan fingerprint density at radius 3 is 2.79 bits per heavy atom. The van der Waals surface area contributed by atoms with Crippen LogP contribution in [0.15, 0.2) is 23.1 Å². The van der Waals surface area contributed by atoms with E-state index in [-0.39, 0.29) is 6.61 Å². The minimum Gasteiger partial charge on any atom is -0.392 e. The predicted octanol–water partition coefficient (Wildman–Crippen LogP) is 3.58. The van der Waals surface area contributed by atoms with Gasteiger partial charge < -0.3 is 5.11 Å². The van der Waals surface area contributed by atoms with E-state index >= 15 is 0 Å². The van der Waals surface area contributed by atoms with Gasteiger partial charge in [-0.1, -0.05) is 15.9 Å². The van der Waals surface area contributed by atoms with Crippen molar-refractivity contribution >= 4 is 50.0 Å². The molecule has 0 bridgehead atoms. The lowest BCUT2D eigenvalue weighted by molar-refractivity contribution is 0.279. The van der Waals surface area contributed by atoms with Gasteiger partial charge in [0.15, 0.2) is 0 Å². The Labute approximate surface area is 100 Å². The number of hydrogen-bond donors (Lipinski definition) is 2. The molecule has 1 heterocycles. The molecule has 0 aliphatic rings. The fraction of sp³-hybridized carbons (Fsp3) is 0.200. The van der Waals surface area contributed by atoms with Crippen molar-refractivity contribution in [2.75, 3.05) is 0 Å². The van der Waals surface area contributed by atoms with Crippen LogP contribution >= 0.6 is 39.9 Å². The predicted molar refractivity (Wildman–Crippen MR) is 67.6 cm³/mol. The fourth-order valence-electron chi connectivity index (χ4n) is 1.36. The first-order valence-corrected chi connectivity index (χ1v) is 6.54. The number of aliphatic hydroxyl groups is 1. The van der Waals surface area contributed by atoms with Crippen molar-refractivity contribution in [2.24, 2.45) is 0 Å². The minimum absolute atomic E-state index is 0.0519. The van der Waals surface area contributed by atoms with E-state index in [9.17, 15) is 0 Å². The summed E-state index contributed by atoms with van der Waals surface area (Å²) in [5, 5.41) is 11.2. The lowest BCUT2D eigenvalue weighted by atomic mass is 10.2. The van der Waals surface area contributed by atoms with Gasteiger partial charge in [-0.25, -0.2) is 0 Å². The fourth-order valence-corrected chi connectivity index (χ4v) is 3.10. The second-order valence-electron chi connectivity index (χ2n) is 3.02. The number of fused-ring (bicyclic) bond motifs is 1. The molecular formula is C10H9BrOS2. The summed E-state index contributed by atoms with van der Waals surface area (Å²) in [5.74, 6) is 0. The van der Waals surface area contributed by atoms with E-state index < -0.39 is 0 Å². The van der Waals surface area contributed by atoms with Crippen molar-refractivity contribution < 1.29 is 5.11 Å². The van der Waals surface area contributed by atoms with Gasteiger partial charge >= 0.3 is 0 Å². The second kappa shape index (κ2) is 4.23. The van der Waals surface area contributed by atoms with Crippen LogP contribution < -0.4 is 0 Å². The summed E-state index contributed by atoms with van der Waals surface area (Å²) in [4.78, 5) is 2.15. The SMILES string of the molecule is OCc1cc2sc(CBr)cc2cc1S. The molecule has 0 fully saturated rings. The summed E-state index contributed by atoms with van der Waals surface area (Å²) >= 11 is 9.50. The average molecular weight is 289 g/mol. The Morgan fingerprint density at radius 1 is 1.36 bits per heavy atom. The van der Waals surface area contributed by atoms with Crippen molar-refractivity contribution in [2.45, 2.75) is 16.8 Å². The van der Waals surface area contributed by atoms with Crippen LogP contribution in [0.4, 0.5) is 0 Å². The Kier molecular flexibility index (Phi) is 3.17. The molecule has 0 spiro atoms. The van der Waals surface area contributed by atoms with E-state index in [0.29, 0.717) is 0 Å². The van der Waals surface area contributed by atoms with Crippen LogP contribution in [0.2, 0.25) is 0 Å². The third-order valence-corrected chi connectivity index (χ3v) is 4.56. The van der Waals surface area contributed by atoms with Crippen molar-refractivity contribution in [3.05, 3.63) is 28.6 Å². The second-order valence-corrected chi connectivity index (χ2v) is 5.23. The lowest BCUT2D eigenvalue weighted by Gasteiger charge is -2.00. The maximum absolute atomic E-state index is 9.09. The van der Waals surface area contributed by atoms with Crippen molar-refractivity contribution in [1.29, 1.82) is 0 Å². The largest absolute Gasteiger partial charge is 0.392 e. The highest BCUT2D eigenvalue weighted by Crippen LogP contribution is 2.31. The number of rotatable bonds is 2. The van der Waals surface area contributed by atoms with Gasteiger partial charge in [0.1, 0.15) is 0 Å². The van der Waals surface area contributed by atoms with E-state index in [1.54, 1.807) is 11.3 Å². The minimum atomic E-state index is 0.0519. The Hall–Kier alpha value is -0.0300. The summed E-state index contributed by atoms with van der Waals surface area (Å²) in [6.45, 7) is 0.0519. The van der Waals surface area contributed by atoms with E-state index in [1.165, 1.54) is 15.0 Å². The third-order valence-electron chi connectivity index (χ3n) is 2.07. The molecule has 0 atom stereocenters. The highest BCUT2D eigenvalue weighted by Gasteiger charge is 2.04. The van der Waals surface area contributed by atoms with Crippen molar-refractivity contribution in [3.8, 4) is 0 Å². The van der Waals surface area contributed by atoms with Crippen LogP contribution in [-0.4, -0.2) is 5.11 Å². The van der Waals surface area contributed by atoms with Gasteiger partial charge in [-0.15, -0.1) is 24.0 Å². The number of aliphatic hydroxyl groups excluding tert-OH is 1. The highest BCUT2D eigenvalue weighted by molar-refractivity contribution is 9.08. The Morgan fingerprint density at radius 2 is 2.14 bits per heavy atom. The maximum Gasteiger partial charge on any atom is 0.0693 e. The number of hydrogen-bond acceptors (Lipinski definition) is 3. The molecule has 1 nitrogen and oxygen atoms in total. The van der Waals surface area contributed by atoms with Gasteiger partial charge in [0, 0.05) is 19.8 Å². The Bertz CT molecular complexity index is 464. The van der Waals surface area contributed by atoms with E-state index in [1.807, 2.05) is 12.1 Å². The van der Waals surface area contributed by atoms with Crippen LogP contribution in [0, 0.1) is 0 Å². The van der Waals surface area contributed by atoms with Gasteiger partial charge in [0.25, 0.3) is 0 Å². The monoisotopic (exact) mass is 288 g/mol. The number of alkyl halides is 1. The zero-order valence-electron chi connectivity index (χ0n) is 7.33. The molecule has 0 saturated heterocycles. The quantitative estimate of drug-likeness (QED) is 0.639. The third kappa shape index (κ3) is 1.84. The van der Waals surface area contributed by atoms with Gasteiger partial charge in [-0.2, -0.15) is 0 Å². The molecule has 0 amide bonds. The highest BCUT2D eigenvalue weighted by atomic mass is 79.9. The first-order valence-electron chi connectivity index (χ1n) is 4.15. The summed E-state index contributed by atoms with van der Waals surface area (Å²) in [6, 6.07) is 6.16. The summed E-state index contributed by atoms with van der Waals surface area (Å²) in [6.07, 6.45) is 0. The normalized spacial score (nSPS) is 11.1. The molecule has 0 aliphatic heterocycles. The molecule has 14 heavy (non-hydrogen) atoms. The van der Waals surface area contributed by atoms with Crippen LogP contribution in [0.3, 0.4) is 0 Å².